The molecule has 0 bridgehead atoms. The van der Waals surface area contributed by atoms with Crippen molar-refractivity contribution in [3.05, 3.63) is 29.8 Å². The number of benzene rings is 1. The summed E-state index contributed by atoms with van der Waals surface area (Å²) in [6.45, 7) is 0. The van der Waals surface area contributed by atoms with Gasteiger partial charge in [-0.25, -0.2) is 0 Å². The highest BCUT2D eigenvalue weighted by atomic mass is 32.2. The van der Waals surface area contributed by atoms with Gasteiger partial charge in [-0.2, -0.15) is 11.8 Å². The first-order valence-electron chi connectivity index (χ1n) is 5.75. The van der Waals surface area contributed by atoms with Crippen LogP contribution in [0.2, 0.25) is 0 Å². The van der Waals surface area contributed by atoms with Crippen molar-refractivity contribution in [3.63, 3.8) is 0 Å². The molecule has 0 aliphatic rings. The Morgan fingerprint density at radius 1 is 1.22 bits per heavy atom. The monoisotopic (exact) mass is 283 g/mol. The second-order valence-corrected chi connectivity index (χ2v) is 5.27. The van der Waals surface area contributed by atoms with Gasteiger partial charge in [-0.15, -0.1) is 12.6 Å². The van der Waals surface area contributed by atoms with Crippen molar-refractivity contribution in [3.8, 4) is 0 Å². The van der Waals surface area contributed by atoms with E-state index in [1.54, 1.807) is 36.0 Å². The molecule has 0 aliphatic carbocycles. The third-order valence-corrected chi connectivity index (χ3v) is 3.37. The number of rotatable bonds is 7. The lowest BCUT2D eigenvalue weighted by atomic mass is 10.2. The first-order valence-corrected chi connectivity index (χ1v) is 7.59. The van der Waals surface area contributed by atoms with Gasteiger partial charge in [0.05, 0.1) is 0 Å². The summed E-state index contributed by atoms with van der Waals surface area (Å²) in [7, 11) is 0. The van der Waals surface area contributed by atoms with Gasteiger partial charge >= 0.3 is 0 Å². The lowest BCUT2D eigenvalue weighted by molar-refractivity contribution is -0.116. The number of unbranched alkanes of at least 4 members (excludes halogenated alkanes) is 1. The van der Waals surface area contributed by atoms with E-state index in [2.05, 4.69) is 24.2 Å². The van der Waals surface area contributed by atoms with E-state index in [0.29, 0.717) is 17.7 Å². The normalized spacial score (nSPS) is 10.1. The molecule has 1 amide bonds. The Bertz CT molecular complexity index is 404. The largest absolute Gasteiger partial charge is 0.326 e. The maximum atomic E-state index is 11.6. The minimum atomic E-state index is -0.273. The average Bonchev–Trinajstić information content (AvgIpc) is 2.35. The van der Waals surface area contributed by atoms with Crippen molar-refractivity contribution < 1.29 is 9.59 Å². The van der Waals surface area contributed by atoms with Gasteiger partial charge in [-0.3, -0.25) is 9.59 Å². The number of anilines is 1. The molecule has 0 saturated carbocycles. The van der Waals surface area contributed by atoms with Crippen LogP contribution in [-0.4, -0.2) is 23.0 Å². The molecule has 1 aromatic rings. The molecule has 1 rings (SSSR count). The predicted molar refractivity (Wildman–Crippen MR) is 80.6 cm³/mol. The molecular formula is C13H17NO2S2. The first kappa shape index (κ1) is 15.1. The van der Waals surface area contributed by atoms with E-state index in [0.717, 1.165) is 18.6 Å². The summed E-state index contributed by atoms with van der Waals surface area (Å²) < 4.78 is 0. The number of thiol groups is 1. The first-order chi connectivity index (χ1) is 8.63. The van der Waals surface area contributed by atoms with E-state index < -0.39 is 0 Å². The van der Waals surface area contributed by atoms with E-state index in [1.165, 1.54) is 0 Å². The molecule has 1 aromatic carbocycles. The zero-order valence-corrected chi connectivity index (χ0v) is 12.0. The molecule has 0 fully saturated rings. The quantitative estimate of drug-likeness (QED) is 0.596. The lowest BCUT2D eigenvalue weighted by Gasteiger charge is -2.05. The van der Waals surface area contributed by atoms with Gasteiger partial charge in [0.25, 0.3) is 0 Å². The van der Waals surface area contributed by atoms with Gasteiger partial charge in [0.2, 0.25) is 11.0 Å². The Balaban J connectivity index is 2.37. The molecule has 0 radical (unpaired) electrons. The van der Waals surface area contributed by atoms with Gasteiger partial charge in [0.15, 0.2) is 0 Å². The molecule has 3 nitrogen and oxygen atoms in total. The highest BCUT2D eigenvalue weighted by Gasteiger charge is 2.03. The molecule has 0 aromatic heterocycles. The second kappa shape index (κ2) is 8.21. The number of carbonyl (C=O) groups is 2. The summed E-state index contributed by atoms with van der Waals surface area (Å²) in [6.07, 6.45) is 4.56. The molecule has 0 saturated heterocycles. The van der Waals surface area contributed by atoms with Crippen LogP contribution in [0.25, 0.3) is 0 Å². The van der Waals surface area contributed by atoms with Gasteiger partial charge < -0.3 is 5.32 Å². The van der Waals surface area contributed by atoms with Crippen LogP contribution in [0.3, 0.4) is 0 Å². The van der Waals surface area contributed by atoms with E-state index in [1.807, 2.05) is 0 Å². The maximum absolute atomic E-state index is 11.6. The number of hydrogen-bond acceptors (Lipinski definition) is 3. The van der Waals surface area contributed by atoms with Crippen LogP contribution >= 0.6 is 24.4 Å². The Morgan fingerprint density at radius 2 is 1.89 bits per heavy atom. The number of thioether (sulfide) groups is 1. The SMILES string of the molecule is CSCCCCC(=O)Nc1ccc(C(=O)S)cc1. The van der Waals surface area contributed by atoms with Crippen LogP contribution < -0.4 is 5.32 Å². The summed E-state index contributed by atoms with van der Waals surface area (Å²) in [5, 5.41) is 2.53. The van der Waals surface area contributed by atoms with Crippen LogP contribution in [0.15, 0.2) is 24.3 Å². The molecule has 0 heterocycles. The fraction of sp³-hybridized carbons (Fsp3) is 0.385. The van der Waals surface area contributed by atoms with Crippen molar-refractivity contribution in [2.45, 2.75) is 19.3 Å². The maximum Gasteiger partial charge on any atom is 0.224 e. The van der Waals surface area contributed by atoms with Crippen molar-refractivity contribution in [1.82, 2.24) is 0 Å². The Morgan fingerprint density at radius 3 is 2.44 bits per heavy atom. The topological polar surface area (TPSA) is 46.2 Å². The molecule has 0 aliphatic heterocycles. The van der Waals surface area contributed by atoms with E-state index in [-0.39, 0.29) is 11.0 Å². The zero-order chi connectivity index (χ0) is 13.4. The van der Waals surface area contributed by atoms with Crippen molar-refractivity contribution in [2.75, 3.05) is 17.3 Å². The van der Waals surface area contributed by atoms with Gasteiger partial charge in [-0.1, -0.05) is 0 Å². The number of carbonyl (C=O) groups excluding carboxylic acids is 2. The third kappa shape index (κ3) is 5.60. The molecule has 0 spiro atoms. The van der Waals surface area contributed by atoms with Crippen LogP contribution in [0.4, 0.5) is 5.69 Å². The van der Waals surface area contributed by atoms with E-state index in [4.69, 9.17) is 0 Å². The van der Waals surface area contributed by atoms with Crippen molar-refractivity contribution >= 4 is 41.1 Å². The highest BCUT2D eigenvalue weighted by Crippen LogP contribution is 2.12. The summed E-state index contributed by atoms with van der Waals surface area (Å²) in [6, 6.07) is 6.73. The summed E-state index contributed by atoms with van der Waals surface area (Å²) >= 11 is 5.52. The molecule has 1 N–H and O–H groups in total. The smallest absolute Gasteiger partial charge is 0.224 e. The minimum Gasteiger partial charge on any atom is -0.326 e. The van der Waals surface area contributed by atoms with Crippen LogP contribution in [0, 0.1) is 0 Å². The summed E-state index contributed by atoms with van der Waals surface area (Å²) in [4.78, 5) is 22.6. The average molecular weight is 283 g/mol. The zero-order valence-electron chi connectivity index (χ0n) is 10.3. The molecule has 0 unspecified atom stereocenters. The second-order valence-electron chi connectivity index (χ2n) is 3.88. The Hall–Kier alpha value is -0.940. The van der Waals surface area contributed by atoms with Gasteiger partial charge in [0, 0.05) is 17.7 Å². The van der Waals surface area contributed by atoms with Gasteiger partial charge in [-0.05, 0) is 49.1 Å². The van der Waals surface area contributed by atoms with E-state index >= 15 is 0 Å². The van der Waals surface area contributed by atoms with Crippen molar-refractivity contribution in [2.24, 2.45) is 0 Å². The Labute approximate surface area is 117 Å². The predicted octanol–water partition coefficient (Wildman–Crippen LogP) is 3.23. The van der Waals surface area contributed by atoms with Crippen LogP contribution in [0.5, 0.6) is 0 Å². The number of amides is 1. The fourth-order valence-electron chi connectivity index (χ4n) is 1.45. The highest BCUT2D eigenvalue weighted by molar-refractivity contribution is 7.98. The fourth-order valence-corrected chi connectivity index (χ4v) is 2.09. The molecule has 0 atom stereocenters. The van der Waals surface area contributed by atoms with Crippen LogP contribution in [-0.2, 0) is 4.79 Å². The Kier molecular flexibility index (Phi) is 6.90. The van der Waals surface area contributed by atoms with Crippen molar-refractivity contribution in [1.29, 1.82) is 0 Å². The third-order valence-electron chi connectivity index (χ3n) is 2.42. The number of nitrogens with one attached hydrogen (secondary N) is 1. The molecule has 18 heavy (non-hydrogen) atoms. The molecule has 5 heteroatoms. The molecular weight excluding hydrogens is 266 g/mol. The summed E-state index contributed by atoms with van der Waals surface area (Å²) in [5.74, 6) is 1.10. The lowest BCUT2D eigenvalue weighted by Crippen LogP contribution is -2.11. The molecule has 98 valence electrons. The standard InChI is InChI=1S/C13H17NO2S2/c1-18-9-3-2-4-12(15)14-11-7-5-10(6-8-11)13(16)17/h5-8H,2-4,9H2,1H3,(H,14,15)(H,16,17). The number of hydrogen-bond donors (Lipinski definition) is 2. The van der Waals surface area contributed by atoms with Gasteiger partial charge in [0.1, 0.15) is 0 Å². The minimum absolute atomic E-state index is 0.0149. The van der Waals surface area contributed by atoms with Crippen LogP contribution in [0.1, 0.15) is 29.6 Å². The summed E-state index contributed by atoms with van der Waals surface area (Å²) in [5.41, 5.74) is 1.24. The van der Waals surface area contributed by atoms with E-state index in [9.17, 15) is 9.59 Å².